The third kappa shape index (κ3) is 2.17. The minimum absolute atomic E-state index is 0.389. The minimum Gasteiger partial charge on any atom is -0.481 e. The summed E-state index contributed by atoms with van der Waals surface area (Å²) in [7, 11) is 0. The molecule has 0 aliphatic heterocycles. The van der Waals surface area contributed by atoms with Crippen molar-refractivity contribution < 1.29 is 9.90 Å². The van der Waals surface area contributed by atoms with Gasteiger partial charge in [-0.15, -0.1) is 0 Å². The molecule has 94 valence electrons. The fourth-order valence-corrected chi connectivity index (χ4v) is 2.24. The zero-order valence-corrected chi connectivity index (χ0v) is 10.4. The number of carbonyl (C=O) groups is 1. The van der Waals surface area contributed by atoms with Gasteiger partial charge in [0.2, 0.25) is 0 Å². The molecule has 0 amide bonds. The number of aliphatic carboxylic acids is 1. The first-order valence-electron chi connectivity index (χ1n) is 6.05. The first kappa shape index (κ1) is 12.4. The Morgan fingerprint density at radius 3 is 2.78 bits per heavy atom. The Hall–Kier alpha value is -2.02. The van der Waals surface area contributed by atoms with E-state index in [1.54, 1.807) is 6.07 Å². The van der Waals surface area contributed by atoms with Crippen LogP contribution < -0.4 is 5.32 Å². The normalized spacial score (nSPS) is 16.4. The average Bonchev–Trinajstić information content (AvgIpc) is 2.28. The van der Waals surface area contributed by atoms with Crippen molar-refractivity contribution in [2.45, 2.75) is 26.2 Å². The second-order valence-electron chi connectivity index (χ2n) is 4.95. The molecule has 1 fully saturated rings. The predicted molar refractivity (Wildman–Crippen MR) is 68.3 cm³/mol. The lowest BCUT2D eigenvalue weighted by Crippen LogP contribution is -2.43. The summed E-state index contributed by atoms with van der Waals surface area (Å²) in [5, 5.41) is 21.4. The van der Waals surface area contributed by atoms with Gasteiger partial charge < -0.3 is 10.4 Å². The number of hydrogen-bond acceptors (Lipinski definition) is 3. The van der Waals surface area contributed by atoms with Crippen molar-refractivity contribution >= 4 is 11.7 Å². The monoisotopic (exact) mass is 244 g/mol. The average molecular weight is 244 g/mol. The highest BCUT2D eigenvalue weighted by atomic mass is 16.4. The molecule has 0 spiro atoms. The molecule has 0 bridgehead atoms. The SMILES string of the molecule is Cc1ccc(NCC2(C(=O)O)CCC2)c(C#N)c1. The van der Waals surface area contributed by atoms with Crippen molar-refractivity contribution in [3.63, 3.8) is 0 Å². The number of anilines is 1. The number of nitrogens with one attached hydrogen (secondary N) is 1. The van der Waals surface area contributed by atoms with E-state index in [1.807, 2.05) is 19.1 Å². The van der Waals surface area contributed by atoms with Gasteiger partial charge in [-0.25, -0.2) is 0 Å². The van der Waals surface area contributed by atoms with Gasteiger partial charge in [-0.3, -0.25) is 4.79 Å². The summed E-state index contributed by atoms with van der Waals surface area (Å²) >= 11 is 0. The van der Waals surface area contributed by atoms with E-state index in [0.29, 0.717) is 24.9 Å². The van der Waals surface area contributed by atoms with Crippen LogP contribution in [0.3, 0.4) is 0 Å². The molecule has 4 nitrogen and oxygen atoms in total. The Kier molecular flexibility index (Phi) is 3.24. The summed E-state index contributed by atoms with van der Waals surface area (Å²) in [6, 6.07) is 7.68. The van der Waals surface area contributed by atoms with Crippen LogP contribution in [0.5, 0.6) is 0 Å². The zero-order valence-electron chi connectivity index (χ0n) is 10.4. The lowest BCUT2D eigenvalue weighted by molar-refractivity contribution is -0.153. The van der Waals surface area contributed by atoms with Crippen LogP contribution >= 0.6 is 0 Å². The predicted octanol–water partition coefficient (Wildman–Crippen LogP) is 2.53. The van der Waals surface area contributed by atoms with Gasteiger partial charge in [-0.2, -0.15) is 5.26 Å². The molecule has 1 aliphatic rings. The Labute approximate surface area is 106 Å². The Morgan fingerprint density at radius 2 is 2.28 bits per heavy atom. The van der Waals surface area contributed by atoms with Gasteiger partial charge in [0, 0.05) is 6.54 Å². The van der Waals surface area contributed by atoms with E-state index in [4.69, 9.17) is 5.26 Å². The number of rotatable bonds is 4. The first-order valence-corrected chi connectivity index (χ1v) is 6.05. The van der Waals surface area contributed by atoms with Crippen LogP contribution in [0.4, 0.5) is 5.69 Å². The van der Waals surface area contributed by atoms with Gasteiger partial charge in [0.1, 0.15) is 6.07 Å². The highest BCUT2D eigenvalue weighted by Crippen LogP contribution is 2.41. The van der Waals surface area contributed by atoms with Crippen molar-refractivity contribution in [3.8, 4) is 6.07 Å². The van der Waals surface area contributed by atoms with Crippen LogP contribution in [0.15, 0.2) is 18.2 Å². The van der Waals surface area contributed by atoms with E-state index in [0.717, 1.165) is 17.7 Å². The maximum Gasteiger partial charge on any atom is 0.311 e. The lowest BCUT2D eigenvalue weighted by Gasteiger charge is -2.38. The molecule has 0 unspecified atom stereocenters. The van der Waals surface area contributed by atoms with Crippen LogP contribution in [0.1, 0.15) is 30.4 Å². The van der Waals surface area contributed by atoms with E-state index in [9.17, 15) is 9.90 Å². The number of benzene rings is 1. The Bertz CT molecular complexity index is 513. The van der Waals surface area contributed by atoms with Crippen molar-refractivity contribution in [1.29, 1.82) is 5.26 Å². The standard InChI is InChI=1S/C14H16N2O2/c1-10-3-4-12(11(7-10)8-15)16-9-14(13(17)18)5-2-6-14/h3-4,7,16H,2,5-6,9H2,1H3,(H,17,18). The van der Waals surface area contributed by atoms with Crippen molar-refractivity contribution in [3.05, 3.63) is 29.3 Å². The van der Waals surface area contributed by atoms with Crippen LogP contribution in [0.25, 0.3) is 0 Å². The van der Waals surface area contributed by atoms with Gasteiger partial charge in [0.05, 0.1) is 16.7 Å². The van der Waals surface area contributed by atoms with Gasteiger partial charge in [-0.1, -0.05) is 12.5 Å². The molecule has 1 aromatic rings. The van der Waals surface area contributed by atoms with E-state index >= 15 is 0 Å². The molecule has 4 heteroatoms. The third-order valence-electron chi connectivity index (χ3n) is 3.68. The van der Waals surface area contributed by atoms with Crippen LogP contribution in [-0.2, 0) is 4.79 Å². The largest absolute Gasteiger partial charge is 0.481 e. The molecule has 1 saturated carbocycles. The first-order chi connectivity index (χ1) is 8.57. The number of aryl methyl sites for hydroxylation is 1. The maximum absolute atomic E-state index is 11.2. The van der Waals surface area contributed by atoms with Gasteiger partial charge in [-0.05, 0) is 37.5 Å². The smallest absolute Gasteiger partial charge is 0.311 e. The fourth-order valence-electron chi connectivity index (χ4n) is 2.24. The Balaban J connectivity index is 2.11. The quantitative estimate of drug-likeness (QED) is 0.853. The summed E-state index contributed by atoms with van der Waals surface area (Å²) in [6.45, 7) is 2.31. The van der Waals surface area contributed by atoms with Crippen molar-refractivity contribution in [2.24, 2.45) is 5.41 Å². The summed E-state index contributed by atoms with van der Waals surface area (Å²) in [5.74, 6) is -0.744. The molecular weight excluding hydrogens is 228 g/mol. The van der Waals surface area contributed by atoms with E-state index < -0.39 is 11.4 Å². The zero-order chi connectivity index (χ0) is 13.2. The van der Waals surface area contributed by atoms with Gasteiger partial charge in [0.15, 0.2) is 0 Å². The summed E-state index contributed by atoms with van der Waals surface area (Å²) in [6.07, 6.45) is 2.39. The number of hydrogen-bond donors (Lipinski definition) is 2. The summed E-state index contributed by atoms with van der Waals surface area (Å²) in [5.41, 5.74) is 1.66. The molecule has 0 heterocycles. The number of carboxylic acid groups (broad SMARTS) is 1. The third-order valence-corrected chi connectivity index (χ3v) is 3.68. The molecule has 0 aromatic heterocycles. The molecule has 0 radical (unpaired) electrons. The highest BCUT2D eigenvalue weighted by Gasteiger charge is 2.44. The van der Waals surface area contributed by atoms with Crippen molar-refractivity contribution in [2.75, 3.05) is 11.9 Å². The lowest BCUT2D eigenvalue weighted by atomic mass is 9.69. The molecule has 0 saturated heterocycles. The summed E-state index contributed by atoms with van der Waals surface area (Å²) in [4.78, 5) is 11.2. The number of carboxylic acids is 1. The van der Waals surface area contributed by atoms with Crippen molar-refractivity contribution in [1.82, 2.24) is 0 Å². The molecule has 2 N–H and O–H groups in total. The molecule has 18 heavy (non-hydrogen) atoms. The maximum atomic E-state index is 11.2. The second-order valence-corrected chi connectivity index (χ2v) is 4.95. The van der Waals surface area contributed by atoms with Crippen LogP contribution in [0.2, 0.25) is 0 Å². The van der Waals surface area contributed by atoms with E-state index in [-0.39, 0.29) is 0 Å². The van der Waals surface area contributed by atoms with E-state index in [1.165, 1.54) is 0 Å². The van der Waals surface area contributed by atoms with Crippen LogP contribution in [-0.4, -0.2) is 17.6 Å². The van der Waals surface area contributed by atoms with Crippen LogP contribution in [0, 0.1) is 23.7 Å². The highest BCUT2D eigenvalue weighted by molar-refractivity contribution is 5.76. The van der Waals surface area contributed by atoms with E-state index in [2.05, 4.69) is 11.4 Å². The fraction of sp³-hybridized carbons (Fsp3) is 0.429. The summed E-state index contributed by atoms with van der Waals surface area (Å²) < 4.78 is 0. The molecule has 1 aromatic carbocycles. The molecule has 1 aliphatic carbocycles. The topological polar surface area (TPSA) is 73.1 Å². The van der Waals surface area contributed by atoms with Gasteiger partial charge in [0.25, 0.3) is 0 Å². The molecule has 2 rings (SSSR count). The second kappa shape index (κ2) is 4.69. The minimum atomic E-state index is -0.744. The number of nitriles is 1. The van der Waals surface area contributed by atoms with Gasteiger partial charge >= 0.3 is 5.97 Å². The number of nitrogens with zero attached hydrogens (tertiary/aromatic N) is 1. The molecular formula is C14H16N2O2. The Morgan fingerprint density at radius 1 is 1.56 bits per heavy atom. The molecule has 0 atom stereocenters.